The summed E-state index contributed by atoms with van der Waals surface area (Å²) in [5, 5.41) is 15.6. The van der Waals surface area contributed by atoms with Crippen molar-refractivity contribution in [2.24, 2.45) is 0 Å². The number of fused-ring (bicyclic) bond motifs is 1. The second-order valence-electron chi connectivity index (χ2n) is 8.77. The number of amides is 2. The number of benzene rings is 1. The van der Waals surface area contributed by atoms with Gasteiger partial charge in [0.15, 0.2) is 0 Å². The number of carbonyl (C=O) groups excluding carboxylic acids is 2. The summed E-state index contributed by atoms with van der Waals surface area (Å²) < 4.78 is 14.9. The van der Waals surface area contributed by atoms with Gasteiger partial charge in [-0.05, 0) is 50.6 Å². The Morgan fingerprint density at radius 1 is 1.32 bits per heavy atom. The van der Waals surface area contributed by atoms with Gasteiger partial charge in [0.2, 0.25) is 6.35 Å². The summed E-state index contributed by atoms with van der Waals surface area (Å²) in [6, 6.07) is 7.01. The number of hydrogen-bond donors (Lipinski definition) is 3. The van der Waals surface area contributed by atoms with E-state index in [0.29, 0.717) is 17.9 Å². The van der Waals surface area contributed by atoms with Crippen LogP contribution in [0.2, 0.25) is 0 Å². The molecular weight excluding hydrogens is 439 g/mol. The van der Waals surface area contributed by atoms with Gasteiger partial charge in [0.05, 0.1) is 22.6 Å². The molecule has 34 heavy (non-hydrogen) atoms. The van der Waals surface area contributed by atoms with Crippen molar-refractivity contribution in [3.63, 3.8) is 0 Å². The third-order valence-electron chi connectivity index (χ3n) is 6.49. The highest BCUT2D eigenvalue weighted by Gasteiger charge is 2.33. The average molecular weight is 471 g/mol. The minimum atomic E-state index is -1.17. The Morgan fingerprint density at radius 2 is 2.09 bits per heavy atom. The first-order chi connectivity index (χ1) is 16.2. The van der Waals surface area contributed by atoms with Crippen LogP contribution in [0.25, 0.3) is 0 Å². The molecular formula is C24H31FN6O3. The van der Waals surface area contributed by atoms with E-state index in [1.807, 2.05) is 13.0 Å². The van der Waals surface area contributed by atoms with Gasteiger partial charge in [-0.2, -0.15) is 0 Å². The molecule has 1 aromatic heterocycles. The number of piperazine rings is 1. The second kappa shape index (κ2) is 9.55. The van der Waals surface area contributed by atoms with Crippen molar-refractivity contribution in [3.8, 4) is 0 Å². The first kappa shape index (κ1) is 23.9. The van der Waals surface area contributed by atoms with Crippen LogP contribution < -0.4 is 15.5 Å². The molecule has 0 spiro atoms. The Bertz CT molecular complexity index is 1110. The van der Waals surface area contributed by atoms with Gasteiger partial charge >= 0.3 is 0 Å². The van der Waals surface area contributed by atoms with Gasteiger partial charge in [-0.3, -0.25) is 19.4 Å². The number of anilines is 2. The Labute approximate surface area is 198 Å². The highest BCUT2D eigenvalue weighted by molar-refractivity contribution is 6.01. The topological polar surface area (TPSA) is 101 Å². The first-order valence-corrected chi connectivity index (χ1v) is 11.5. The number of aliphatic hydroxyl groups excluding tert-OH is 1. The number of hydrogen-bond acceptors (Lipinski definition) is 7. The summed E-state index contributed by atoms with van der Waals surface area (Å²) in [4.78, 5) is 34.5. The van der Waals surface area contributed by atoms with Gasteiger partial charge in [-0.15, -0.1) is 0 Å². The zero-order valence-electron chi connectivity index (χ0n) is 19.9. The van der Waals surface area contributed by atoms with Gasteiger partial charge in [0.1, 0.15) is 11.5 Å². The van der Waals surface area contributed by atoms with E-state index in [9.17, 15) is 19.1 Å². The zero-order valence-corrected chi connectivity index (χ0v) is 19.9. The van der Waals surface area contributed by atoms with Crippen LogP contribution in [0.3, 0.4) is 0 Å². The van der Waals surface area contributed by atoms with E-state index in [2.05, 4.69) is 32.3 Å². The van der Waals surface area contributed by atoms with E-state index < -0.39 is 18.1 Å². The largest absolute Gasteiger partial charge is 0.365 e. The number of carbonyl (C=O) groups is 2. The van der Waals surface area contributed by atoms with Gasteiger partial charge in [0, 0.05) is 45.8 Å². The van der Waals surface area contributed by atoms with Gasteiger partial charge in [0.25, 0.3) is 11.8 Å². The lowest BCUT2D eigenvalue weighted by Crippen LogP contribution is -2.52. The molecule has 1 saturated heterocycles. The van der Waals surface area contributed by atoms with Crippen molar-refractivity contribution in [1.82, 2.24) is 20.1 Å². The molecule has 9 nitrogen and oxygen atoms in total. The number of rotatable bonds is 5. The summed E-state index contributed by atoms with van der Waals surface area (Å²) in [6.07, 6.45) is -1.17. The minimum absolute atomic E-state index is 0.0303. The monoisotopic (exact) mass is 470 g/mol. The molecule has 3 heterocycles. The summed E-state index contributed by atoms with van der Waals surface area (Å²) in [6.45, 7) is 8.84. The molecule has 3 N–H and O–H groups in total. The van der Waals surface area contributed by atoms with Crippen LogP contribution in [0.4, 0.5) is 15.8 Å². The molecule has 10 heteroatoms. The molecule has 2 atom stereocenters. The molecule has 1 aromatic carbocycles. The summed E-state index contributed by atoms with van der Waals surface area (Å²) in [5.41, 5.74) is 3.22. The number of halogens is 1. The minimum Gasteiger partial charge on any atom is -0.365 e. The fraction of sp³-hybridized carbons (Fsp3) is 0.458. The van der Waals surface area contributed by atoms with E-state index in [-0.39, 0.29) is 24.1 Å². The van der Waals surface area contributed by atoms with Gasteiger partial charge in [-0.25, -0.2) is 9.37 Å². The number of pyridine rings is 1. The normalized spacial score (nSPS) is 20.7. The van der Waals surface area contributed by atoms with E-state index in [0.717, 1.165) is 36.6 Å². The maximum atomic E-state index is 14.9. The maximum absolute atomic E-state index is 14.9. The fourth-order valence-corrected chi connectivity index (χ4v) is 4.78. The predicted molar refractivity (Wildman–Crippen MR) is 127 cm³/mol. The van der Waals surface area contributed by atoms with Crippen molar-refractivity contribution < 1.29 is 19.1 Å². The van der Waals surface area contributed by atoms with Crippen LogP contribution in [-0.4, -0.2) is 77.3 Å². The van der Waals surface area contributed by atoms with Crippen molar-refractivity contribution in [3.05, 3.63) is 52.6 Å². The highest BCUT2D eigenvalue weighted by Crippen LogP contribution is 2.30. The van der Waals surface area contributed by atoms with E-state index in [1.54, 1.807) is 26.1 Å². The molecule has 4 rings (SSSR count). The summed E-state index contributed by atoms with van der Waals surface area (Å²) in [7, 11) is 1.58. The Morgan fingerprint density at radius 3 is 2.74 bits per heavy atom. The second-order valence-corrected chi connectivity index (χ2v) is 8.77. The molecule has 2 aliphatic heterocycles. The lowest BCUT2D eigenvalue weighted by atomic mass is 10.0. The van der Waals surface area contributed by atoms with Gasteiger partial charge in [-0.1, -0.05) is 0 Å². The molecule has 0 radical (unpaired) electrons. The zero-order chi connectivity index (χ0) is 24.6. The van der Waals surface area contributed by atoms with Crippen LogP contribution in [-0.2, 0) is 6.54 Å². The molecule has 2 aliphatic rings. The smallest absolute Gasteiger partial charge is 0.269 e. The fourth-order valence-electron chi connectivity index (χ4n) is 4.78. The average Bonchev–Trinajstić information content (AvgIpc) is 2.78. The van der Waals surface area contributed by atoms with Crippen LogP contribution >= 0.6 is 0 Å². The summed E-state index contributed by atoms with van der Waals surface area (Å²) in [5.74, 6) is -1.31. The molecule has 2 amide bonds. The van der Waals surface area contributed by atoms with Crippen LogP contribution in [0.5, 0.6) is 0 Å². The van der Waals surface area contributed by atoms with E-state index in [1.165, 1.54) is 11.0 Å². The Hall–Kier alpha value is -3.24. The lowest BCUT2D eigenvalue weighted by Gasteiger charge is -2.42. The highest BCUT2D eigenvalue weighted by atomic mass is 19.1. The number of aryl methyl sites for hydroxylation is 1. The molecule has 0 saturated carbocycles. The third-order valence-corrected chi connectivity index (χ3v) is 6.49. The van der Waals surface area contributed by atoms with E-state index >= 15 is 0 Å². The van der Waals surface area contributed by atoms with Crippen molar-refractivity contribution in [2.75, 3.05) is 43.4 Å². The third kappa shape index (κ3) is 4.43. The van der Waals surface area contributed by atoms with Crippen LogP contribution in [0.15, 0.2) is 24.3 Å². The molecule has 0 bridgehead atoms. The number of aromatic nitrogens is 1. The predicted octanol–water partition coefficient (Wildman–Crippen LogP) is 1.76. The quantitative estimate of drug-likeness (QED) is 0.612. The van der Waals surface area contributed by atoms with Crippen molar-refractivity contribution in [1.29, 1.82) is 0 Å². The Balaban J connectivity index is 1.46. The molecule has 2 aromatic rings. The number of aliphatic hydroxyl groups is 1. The molecule has 182 valence electrons. The van der Waals surface area contributed by atoms with Crippen molar-refractivity contribution in [2.45, 2.75) is 39.7 Å². The summed E-state index contributed by atoms with van der Waals surface area (Å²) >= 11 is 0. The SMILES string of the molecule is CCN1C(=O)c2c(F)cc(CN3CCN(c4ccc(C(=O)NC)nc4C)C(C)C3)cc2NC1O. The molecule has 0 aliphatic carbocycles. The van der Waals surface area contributed by atoms with Crippen LogP contribution in [0, 0.1) is 12.7 Å². The molecule has 1 fully saturated rings. The Kier molecular flexibility index (Phi) is 6.72. The van der Waals surface area contributed by atoms with E-state index in [4.69, 9.17) is 0 Å². The maximum Gasteiger partial charge on any atom is 0.269 e. The number of nitrogens with zero attached hydrogens (tertiary/aromatic N) is 4. The van der Waals surface area contributed by atoms with Crippen molar-refractivity contribution >= 4 is 23.2 Å². The van der Waals surface area contributed by atoms with Crippen LogP contribution in [0.1, 0.15) is 46.0 Å². The van der Waals surface area contributed by atoms with Gasteiger partial charge < -0.3 is 20.6 Å². The first-order valence-electron chi connectivity index (χ1n) is 11.5. The standard InChI is InChI=1S/C24H31FN6O3/c1-5-30-23(33)21-17(25)10-16(11-19(21)28-24(30)34)13-29-8-9-31(14(2)12-29)20-7-6-18(22(32)26-4)27-15(20)3/h6-7,10-11,14,24,28,34H,5,8-9,12-13H2,1-4H3,(H,26,32). The molecule has 2 unspecified atom stereocenters. The number of nitrogens with one attached hydrogen (secondary N) is 2. The lowest BCUT2D eigenvalue weighted by molar-refractivity contribution is 0.0205.